The molecule has 1 saturated carbocycles. The molecule has 1 aliphatic carbocycles. The summed E-state index contributed by atoms with van der Waals surface area (Å²) in [4.78, 5) is 26.8. The number of likely N-dealkylation sites (tertiary alicyclic amines) is 1. The Balaban J connectivity index is 1.76. The van der Waals surface area contributed by atoms with E-state index in [1.54, 1.807) is 4.90 Å². The van der Waals surface area contributed by atoms with E-state index in [0.717, 1.165) is 36.8 Å². The van der Waals surface area contributed by atoms with Crippen molar-refractivity contribution >= 4 is 18.0 Å². The monoisotopic (exact) mass is 399 g/mol. The Morgan fingerprint density at radius 1 is 1.17 bits per heavy atom. The van der Waals surface area contributed by atoms with Crippen LogP contribution in [0.25, 0.3) is 6.08 Å². The number of carbonyl (C=O) groups is 2. The Morgan fingerprint density at radius 3 is 2.45 bits per heavy atom. The number of benzene rings is 1. The number of aliphatic hydroxyl groups is 1. The smallest absolute Gasteiger partial charge is 0.318 e. The molecule has 0 radical (unpaired) electrons. The van der Waals surface area contributed by atoms with Crippen molar-refractivity contribution in [1.82, 2.24) is 15.5 Å². The average molecular weight is 400 g/mol. The van der Waals surface area contributed by atoms with Gasteiger partial charge in [0, 0.05) is 24.9 Å². The Labute approximate surface area is 173 Å². The molecular formula is C23H33N3O3. The van der Waals surface area contributed by atoms with Gasteiger partial charge in [0.25, 0.3) is 0 Å². The first-order valence-electron chi connectivity index (χ1n) is 10.8. The number of allylic oxidation sites excluding steroid dienone is 1. The van der Waals surface area contributed by atoms with E-state index >= 15 is 0 Å². The van der Waals surface area contributed by atoms with Crippen LogP contribution in [-0.4, -0.2) is 53.7 Å². The van der Waals surface area contributed by atoms with Gasteiger partial charge in [-0.3, -0.25) is 4.79 Å². The molecule has 0 spiro atoms. The fraction of sp³-hybridized carbons (Fsp3) is 0.565. The molecule has 1 aromatic rings. The standard InChI is InChI=1S/C23H33N3O3/c1-3-6-16-9-11-17(12-10-16)21-19(14-25-22(28)18-7-5-8-18)26(20(21)15-27)23(29)24-13-4-2/h3,6,9-12,18-21,27H,4-5,7-8,13-15H2,1-2H3,(H,24,29)(H,25,28)/b6-3+/t19-,20+,21-/m0/s1. The fourth-order valence-electron chi connectivity index (χ4n) is 4.28. The summed E-state index contributed by atoms with van der Waals surface area (Å²) >= 11 is 0. The Bertz CT molecular complexity index is 727. The molecule has 1 aliphatic heterocycles. The van der Waals surface area contributed by atoms with Crippen molar-refractivity contribution in [2.24, 2.45) is 5.92 Å². The molecule has 1 heterocycles. The van der Waals surface area contributed by atoms with Gasteiger partial charge >= 0.3 is 6.03 Å². The maximum atomic E-state index is 12.7. The number of aliphatic hydroxyl groups excluding tert-OH is 1. The molecule has 3 amide bonds. The topological polar surface area (TPSA) is 81.7 Å². The van der Waals surface area contributed by atoms with Gasteiger partial charge in [-0.2, -0.15) is 0 Å². The van der Waals surface area contributed by atoms with E-state index in [9.17, 15) is 14.7 Å². The third-order valence-corrected chi connectivity index (χ3v) is 6.13. The molecule has 1 saturated heterocycles. The van der Waals surface area contributed by atoms with Crippen molar-refractivity contribution in [2.45, 2.75) is 57.5 Å². The molecular weight excluding hydrogens is 366 g/mol. The van der Waals surface area contributed by atoms with E-state index < -0.39 is 0 Å². The van der Waals surface area contributed by atoms with Crippen LogP contribution in [0.5, 0.6) is 0 Å². The molecule has 29 heavy (non-hydrogen) atoms. The van der Waals surface area contributed by atoms with Crippen molar-refractivity contribution in [2.75, 3.05) is 19.7 Å². The minimum Gasteiger partial charge on any atom is -0.394 e. The minimum absolute atomic E-state index is 0.00581. The lowest BCUT2D eigenvalue weighted by Gasteiger charge is -2.54. The van der Waals surface area contributed by atoms with Crippen LogP contribution in [0.2, 0.25) is 0 Å². The van der Waals surface area contributed by atoms with Crippen LogP contribution in [-0.2, 0) is 4.79 Å². The van der Waals surface area contributed by atoms with Crippen molar-refractivity contribution in [3.8, 4) is 0 Å². The summed E-state index contributed by atoms with van der Waals surface area (Å²) in [7, 11) is 0. The zero-order valence-corrected chi connectivity index (χ0v) is 17.4. The molecule has 0 aromatic heterocycles. The number of nitrogens with zero attached hydrogens (tertiary/aromatic N) is 1. The summed E-state index contributed by atoms with van der Waals surface area (Å²) in [5.41, 5.74) is 2.20. The van der Waals surface area contributed by atoms with Gasteiger partial charge in [-0.15, -0.1) is 0 Å². The van der Waals surface area contributed by atoms with Crippen LogP contribution in [0.1, 0.15) is 56.6 Å². The predicted octanol–water partition coefficient (Wildman–Crippen LogP) is 2.88. The molecule has 6 nitrogen and oxygen atoms in total. The zero-order chi connectivity index (χ0) is 20.8. The van der Waals surface area contributed by atoms with Gasteiger partial charge in [0.05, 0.1) is 18.7 Å². The molecule has 0 unspecified atom stereocenters. The van der Waals surface area contributed by atoms with Crippen LogP contribution in [0.4, 0.5) is 4.79 Å². The minimum atomic E-state index is -0.287. The van der Waals surface area contributed by atoms with E-state index in [4.69, 9.17) is 0 Å². The van der Waals surface area contributed by atoms with Gasteiger partial charge in [-0.1, -0.05) is 49.8 Å². The second-order valence-electron chi connectivity index (χ2n) is 8.02. The number of rotatable bonds is 8. The van der Waals surface area contributed by atoms with Gasteiger partial charge in [0.2, 0.25) is 5.91 Å². The number of urea groups is 1. The zero-order valence-electron chi connectivity index (χ0n) is 17.4. The highest BCUT2D eigenvalue weighted by Crippen LogP contribution is 2.40. The van der Waals surface area contributed by atoms with Crippen LogP contribution in [0, 0.1) is 5.92 Å². The highest BCUT2D eigenvalue weighted by molar-refractivity contribution is 5.80. The lowest BCUT2D eigenvalue weighted by molar-refractivity contribution is -0.128. The Kier molecular flexibility index (Phi) is 7.31. The second-order valence-corrected chi connectivity index (χ2v) is 8.02. The van der Waals surface area contributed by atoms with Gasteiger partial charge in [-0.05, 0) is 37.3 Å². The quantitative estimate of drug-likeness (QED) is 0.629. The number of nitrogens with one attached hydrogen (secondary N) is 2. The first-order chi connectivity index (χ1) is 14.1. The average Bonchev–Trinajstić information content (AvgIpc) is 2.66. The molecule has 2 fully saturated rings. The summed E-state index contributed by atoms with van der Waals surface area (Å²) in [6.45, 7) is 4.89. The van der Waals surface area contributed by atoms with Gasteiger partial charge in [-0.25, -0.2) is 4.79 Å². The molecule has 0 bridgehead atoms. The van der Waals surface area contributed by atoms with E-state index in [-0.39, 0.29) is 42.5 Å². The molecule has 3 rings (SSSR count). The van der Waals surface area contributed by atoms with E-state index in [1.807, 2.05) is 38.1 Å². The number of carbonyl (C=O) groups excluding carboxylic acids is 2. The Hall–Kier alpha value is -2.34. The highest BCUT2D eigenvalue weighted by atomic mass is 16.3. The highest BCUT2D eigenvalue weighted by Gasteiger charge is 2.51. The maximum Gasteiger partial charge on any atom is 0.318 e. The van der Waals surface area contributed by atoms with E-state index in [2.05, 4.69) is 22.8 Å². The summed E-state index contributed by atoms with van der Waals surface area (Å²) in [6.07, 6.45) is 7.89. The van der Waals surface area contributed by atoms with Crippen LogP contribution in [0.3, 0.4) is 0 Å². The lowest BCUT2D eigenvalue weighted by atomic mass is 9.75. The first kappa shape index (κ1) is 21.4. The van der Waals surface area contributed by atoms with E-state index in [1.165, 1.54) is 0 Å². The fourth-order valence-corrected chi connectivity index (χ4v) is 4.28. The van der Waals surface area contributed by atoms with Crippen LogP contribution < -0.4 is 10.6 Å². The summed E-state index contributed by atoms with van der Waals surface area (Å²) in [5, 5.41) is 16.0. The maximum absolute atomic E-state index is 12.7. The number of hydrogen-bond donors (Lipinski definition) is 3. The van der Waals surface area contributed by atoms with Crippen LogP contribution in [0.15, 0.2) is 30.3 Å². The lowest BCUT2D eigenvalue weighted by Crippen LogP contribution is -2.70. The summed E-state index contributed by atoms with van der Waals surface area (Å²) in [5.74, 6) is 0.193. The third-order valence-electron chi connectivity index (χ3n) is 6.13. The van der Waals surface area contributed by atoms with Crippen molar-refractivity contribution in [1.29, 1.82) is 0 Å². The normalized spacial score (nSPS) is 24.1. The Morgan fingerprint density at radius 2 is 1.90 bits per heavy atom. The molecule has 158 valence electrons. The SMILES string of the molecule is C/C=C/c1ccc([C@@H]2[C@@H](CO)N(C(=O)NCCC)[C@H]2CNC(=O)C2CCC2)cc1. The number of amides is 3. The number of hydrogen-bond acceptors (Lipinski definition) is 3. The molecule has 3 N–H and O–H groups in total. The van der Waals surface area contributed by atoms with Crippen molar-refractivity contribution in [3.63, 3.8) is 0 Å². The second kappa shape index (κ2) is 9.92. The first-order valence-corrected chi connectivity index (χ1v) is 10.8. The van der Waals surface area contributed by atoms with Crippen molar-refractivity contribution < 1.29 is 14.7 Å². The molecule has 1 aromatic carbocycles. The van der Waals surface area contributed by atoms with Gasteiger partial charge in [0.15, 0.2) is 0 Å². The largest absolute Gasteiger partial charge is 0.394 e. The van der Waals surface area contributed by atoms with Gasteiger partial charge < -0.3 is 20.6 Å². The predicted molar refractivity (Wildman–Crippen MR) is 114 cm³/mol. The summed E-state index contributed by atoms with van der Waals surface area (Å²) in [6, 6.07) is 7.59. The van der Waals surface area contributed by atoms with Crippen LogP contribution >= 0.6 is 0 Å². The van der Waals surface area contributed by atoms with Gasteiger partial charge in [0.1, 0.15) is 0 Å². The molecule has 6 heteroatoms. The van der Waals surface area contributed by atoms with E-state index in [0.29, 0.717) is 13.1 Å². The third kappa shape index (κ3) is 4.64. The summed E-state index contributed by atoms with van der Waals surface area (Å²) < 4.78 is 0. The molecule has 2 aliphatic rings. The van der Waals surface area contributed by atoms with Crippen molar-refractivity contribution in [3.05, 3.63) is 41.5 Å². The molecule has 3 atom stereocenters.